The third-order valence-corrected chi connectivity index (χ3v) is 6.29. The molecule has 0 aliphatic carbocycles. The first-order valence-electron chi connectivity index (χ1n) is 5.94. The molecule has 0 heterocycles. The lowest BCUT2D eigenvalue weighted by Gasteiger charge is -2.22. The molecular formula is C14H22OSi2. The molecule has 1 nitrogen and oxygen atoms in total. The van der Waals surface area contributed by atoms with E-state index in [1.807, 2.05) is 0 Å². The molecule has 0 bridgehead atoms. The van der Waals surface area contributed by atoms with Crippen LogP contribution in [0, 0.1) is 11.5 Å². The summed E-state index contributed by atoms with van der Waals surface area (Å²) in [5.41, 5.74) is 4.58. The van der Waals surface area contributed by atoms with Crippen LogP contribution in [0.3, 0.4) is 0 Å². The Kier molecular flexibility index (Phi) is 4.37. The zero-order chi connectivity index (χ0) is 13.1. The second-order valence-corrected chi connectivity index (χ2v) is 14.5. The van der Waals surface area contributed by atoms with Crippen molar-refractivity contribution in [3.05, 3.63) is 29.8 Å². The molecule has 0 saturated heterocycles. The van der Waals surface area contributed by atoms with Gasteiger partial charge in [-0.25, -0.2) is 0 Å². The Morgan fingerprint density at radius 1 is 1.00 bits per heavy atom. The van der Waals surface area contributed by atoms with Gasteiger partial charge in [0.25, 0.3) is 0 Å². The van der Waals surface area contributed by atoms with Crippen molar-refractivity contribution in [1.82, 2.24) is 0 Å². The van der Waals surface area contributed by atoms with Gasteiger partial charge in [-0.3, -0.25) is 0 Å². The fourth-order valence-corrected chi connectivity index (χ4v) is 3.50. The van der Waals surface area contributed by atoms with Crippen molar-refractivity contribution in [3.63, 3.8) is 0 Å². The molecule has 0 amide bonds. The normalized spacial score (nSPS) is 11.9. The number of hydrogen-bond donors (Lipinski definition) is 0. The van der Waals surface area contributed by atoms with Crippen LogP contribution in [0.1, 0.15) is 5.56 Å². The lowest BCUT2D eigenvalue weighted by Crippen LogP contribution is -2.45. The Labute approximate surface area is 107 Å². The Morgan fingerprint density at radius 2 is 1.59 bits per heavy atom. The Balaban J connectivity index is 3.21. The van der Waals surface area contributed by atoms with Crippen molar-refractivity contribution in [2.24, 2.45) is 0 Å². The first-order valence-corrected chi connectivity index (χ1v) is 12.3. The first-order chi connectivity index (χ1) is 7.76. The van der Waals surface area contributed by atoms with Crippen molar-refractivity contribution in [2.75, 3.05) is 7.11 Å². The van der Waals surface area contributed by atoms with Gasteiger partial charge in [0.05, 0.1) is 0 Å². The van der Waals surface area contributed by atoms with E-state index in [0.29, 0.717) is 0 Å². The van der Waals surface area contributed by atoms with Crippen LogP contribution in [-0.2, 0) is 4.43 Å². The van der Waals surface area contributed by atoms with Crippen LogP contribution in [0.2, 0.25) is 32.7 Å². The van der Waals surface area contributed by atoms with Crippen LogP contribution in [0.25, 0.3) is 0 Å². The zero-order valence-electron chi connectivity index (χ0n) is 11.7. The number of benzene rings is 1. The van der Waals surface area contributed by atoms with Crippen molar-refractivity contribution in [1.29, 1.82) is 0 Å². The average Bonchev–Trinajstić information content (AvgIpc) is 2.26. The van der Waals surface area contributed by atoms with Gasteiger partial charge < -0.3 is 4.43 Å². The lowest BCUT2D eigenvalue weighted by atomic mass is 10.2. The van der Waals surface area contributed by atoms with Crippen LogP contribution >= 0.6 is 0 Å². The van der Waals surface area contributed by atoms with Crippen molar-refractivity contribution >= 4 is 21.6 Å². The molecule has 0 N–H and O–H groups in total. The molecule has 0 aliphatic rings. The highest BCUT2D eigenvalue weighted by Gasteiger charge is 2.25. The van der Waals surface area contributed by atoms with Gasteiger partial charge in [-0.1, -0.05) is 43.8 Å². The molecule has 92 valence electrons. The number of rotatable bonds is 2. The molecule has 0 spiro atoms. The molecule has 0 saturated carbocycles. The van der Waals surface area contributed by atoms with Gasteiger partial charge in [0, 0.05) is 12.7 Å². The summed E-state index contributed by atoms with van der Waals surface area (Å²) in [4.78, 5) is 0. The standard InChI is InChI=1S/C14H22OSi2/c1-15-17(5,6)14-10-8-7-9-13(14)11-12-16(2,3)4/h7-10H,1-6H3. The summed E-state index contributed by atoms with van der Waals surface area (Å²) in [5.74, 6) is 3.36. The van der Waals surface area contributed by atoms with E-state index in [0.717, 1.165) is 5.56 Å². The summed E-state index contributed by atoms with van der Waals surface area (Å²) in [6.07, 6.45) is 0. The first kappa shape index (κ1) is 14.2. The van der Waals surface area contributed by atoms with Gasteiger partial charge >= 0.3 is 0 Å². The van der Waals surface area contributed by atoms with Crippen LogP contribution in [0.15, 0.2) is 24.3 Å². The van der Waals surface area contributed by atoms with E-state index in [9.17, 15) is 0 Å². The smallest absolute Gasteiger partial charge is 0.218 e. The van der Waals surface area contributed by atoms with Crippen molar-refractivity contribution in [2.45, 2.75) is 32.7 Å². The van der Waals surface area contributed by atoms with Gasteiger partial charge in [-0.05, 0) is 24.3 Å². The van der Waals surface area contributed by atoms with Crippen LogP contribution < -0.4 is 5.19 Å². The van der Waals surface area contributed by atoms with E-state index in [2.05, 4.69) is 68.5 Å². The van der Waals surface area contributed by atoms with E-state index in [1.165, 1.54) is 5.19 Å². The maximum Gasteiger partial charge on any atom is 0.218 e. The molecule has 0 aliphatic heterocycles. The minimum absolute atomic E-state index is 1.15. The van der Waals surface area contributed by atoms with E-state index in [-0.39, 0.29) is 0 Å². The van der Waals surface area contributed by atoms with Crippen molar-refractivity contribution in [3.8, 4) is 11.5 Å². The summed E-state index contributed by atoms with van der Waals surface area (Å²) in [7, 11) is -1.30. The molecule has 3 heteroatoms. The molecule has 0 aromatic heterocycles. The van der Waals surface area contributed by atoms with Gasteiger partial charge in [0.1, 0.15) is 8.07 Å². The van der Waals surface area contributed by atoms with Crippen LogP contribution in [0.4, 0.5) is 0 Å². The Morgan fingerprint density at radius 3 is 2.12 bits per heavy atom. The molecule has 0 fully saturated rings. The Hall–Kier alpha value is -0.826. The highest BCUT2D eigenvalue weighted by molar-refractivity contribution is 6.85. The van der Waals surface area contributed by atoms with Gasteiger partial charge in [0.2, 0.25) is 8.32 Å². The summed E-state index contributed by atoms with van der Waals surface area (Å²) in [6, 6.07) is 8.39. The van der Waals surface area contributed by atoms with Crippen molar-refractivity contribution < 1.29 is 4.43 Å². The maximum atomic E-state index is 5.68. The zero-order valence-corrected chi connectivity index (χ0v) is 13.7. The highest BCUT2D eigenvalue weighted by atomic mass is 28.4. The van der Waals surface area contributed by atoms with E-state index in [1.54, 1.807) is 7.11 Å². The lowest BCUT2D eigenvalue weighted by molar-refractivity contribution is 0.416. The topological polar surface area (TPSA) is 9.23 Å². The monoisotopic (exact) mass is 262 g/mol. The second kappa shape index (κ2) is 5.22. The average molecular weight is 263 g/mol. The minimum atomic E-state index is -1.78. The van der Waals surface area contributed by atoms with Crippen LogP contribution in [-0.4, -0.2) is 23.5 Å². The fourth-order valence-electron chi connectivity index (χ4n) is 1.48. The predicted molar refractivity (Wildman–Crippen MR) is 80.8 cm³/mol. The largest absolute Gasteiger partial charge is 0.416 e. The van der Waals surface area contributed by atoms with Crippen LogP contribution in [0.5, 0.6) is 0 Å². The quantitative estimate of drug-likeness (QED) is 0.588. The molecular weight excluding hydrogens is 240 g/mol. The molecule has 1 aromatic carbocycles. The SMILES string of the molecule is CO[Si](C)(C)c1ccccc1C#C[Si](C)(C)C. The molecule has 1 rings (SSSR count). The number of hydrogen-bond acceptors (Lipinski definition) is 1. The minimum Gasteiger partial charge on any atom is -0.416 e. The molecule has 0 atom stereocenters. The fraction of sp³-hybridized carbons (Fsp3) is 0.429. The third kappa shape index (κ3) is 4.16. The molecule has 0 radical (unpaired) electrons. The Bertz CT molecular complexity index is 447. The van der Waals surface area contributed by atoms with E-state index < -0.39 is 16.4 Å². The molecule has 17 heavy (non-hydrogen) atoms. The molecule has 0 unspecified atom stereocenters. The van der Waals surface area contributed by atoms with Gasteiger partial charge in [-0.2, -0.15) is 0 Å². The van der Waals surface area contributed by atoms with Gasteiger partial charge in [-0.15, -0.1) is 5.54 Å². The second-order valence-electron chi connectivity index (χ2n) is 5.76. The maximum absolute atomic E-state index is 5.68. The third-order valence-electron chi connectivity index (χ3n) is 2.66. The summed E-state index contributed by atoms with van der Waals surface area (Å²) in [6.45, 7) is 11.2. The summed E-state index contributed by atoms with van der Waals surface area (Å²) < 4.78 is 5.68. The highest BCUT2D eigenvalue weighted by Crippen LogP contribution is 2.08. The summed E-state index contributed by atoms with van der Waals surface area (Å²) >= 11 is 0. The van der Waals surface area contributed by atoms with E-state index in [4.69, 9.17) is 4.43 Å². The predicted octanol–water partition coefficient (Wildman–Crippen LogP) is 2.97. The summed E-state index contributed by atoms with van der Waals surface area (Å²) in [5, 5.41) is 1.30. The van der Waals surface area contributed by atoms with Gasteiger partial charge in [0.15, 0.2) is 0 Å². The van der Waals surface area contributed by atoms with E-state index >= 15 is 0 Å². The molecule has 1 aromatic rings.